The van der Waals surface area contributed by atoms with E-state index in [1.54, 1.807) is 58.0 Å². The molecule has 0 aromatic heterocycles. The van der Waals surface area contributed by atoms with Gasteiger partial charge < -0.3 is 73.4 Å². The van der Waals surface area contributed by atoms with E-state index in [4.69, 9.17) is 5.73 Å². The number of rotatable bonds is 27. The van der Waals surface area contributed by atoms with E-state index in [1.165, 1.54) is 11.8 Å². The van der Waals surface area contributed by atoms with Gasteiger partial charge in [-0.3, -0.25) is 43.2 Å². The summed E-state index contributed by atoms with van der Waals surface area (Å²) in [6.45, 7) is 7.88. The summed E-state index contributed by atoms with van der Waals surface area (Å²) < 4.78 is 0. The maximum atomic E-state index is 14.0. The minimum Gasteiger partial charge on any atom is -0.481 e. The van der Waals surface area contributed by atoms with Crippen LogP contribution in [-0.2, 0) is 54.4 Å². The van der Waals surface area contributed by atoms with Gasteiger partial charge in [0, 0.05) is 13.0 Å². The number of amides is 8. The molecule has 67 heavy (non-hydrogen) atoms. The van der Waals surface area contributed by atoms with Crippen molar-refractivity contribution >= 4 is 59.2 Å². The number of carbonyl (C=O) groups is 10. The first-order valence-corrected chi connectivity index (χ1v) is 22.0. The molecule has 14 N–H and O–H groups in total. The number of nitrogens with two attached hydrogens (primary N) is 1. The molecular weight excluding hydrogens is 883 g/mol. The van der Waals surface area contributed by atoms with Gasteiger partial charge in [0.2, 0.25) is 47.3 Å². The average Bonchev–Trinajstić information content (AvgIpc) is 3.77. The molecule has 24 heteroatoms. The number of hydrogen-bond donors (Lipinski definition) is 13. The lowest BCUT2D eigenvalue weighted by Crippen LogP contribution is -2.63. The third kappa shape index (κ3) is 17.8. The summed E-state index contributed by atoms with van der Waals surface area (Å²) in [4.78, 5) is 132. The van der Waals surface area contributed by atoms with Crippen molar-refractivity contribution in [2.45, 2.75) is 141 Å². The van der Waals surface area contributed by atoms with Gasteiger partial charge in [0.05, 0.1) is 31.8 Å². The van der Waals surface area contributed by atoms with Crippen LogP contribution in [0.5, 0.6) is 0 Å². The molecule has 0 spiro atoms. The smallest absolute Gasteiger partial charge is 0.328 e. The minimum atomic E-state index is -1.80. The lowest BCUT2D eigenvalue weighted by Gasteiger charge is -2.30. The van der Waals surface area contributed by atoms with Crippen molar-refractivity contribution in [1.82, 2.24) is 42.1 Å². The number of carboxylic acid groups (broad SMARTS) is 2. The fourth-order valence-corrected chi connectivity index (χ4v) is 7.11. The van der Waals surface area contributed by atoms with Gasteiger partial charge in [-0.2, -0.15) is 0 Å². The van der Waals surface area contributed by atoms with Crippen molar-refractivity contribution in [1.29, 1.82) is 0 Å². The molecule has 1 aromatic carbocycles. The Hall–Kier alpha value is -6.24. The number of likely N-dealkylation sites (tertiary alicyclic amines) is 1. The molecule has 8 amide bonds. The van der Waals surface area contributed by atoms with Crippen molar-refractivity contribution < 1.29 is 73.5 Å². The minimum absolute atomic E-state index is 0.0792. The van der Waals surface area contributed by atoms with Crippen LogP contribution in [-0.4, -0.2) is 170 Å². The molecule has 0 radical (unpaired) electrons. The Morgan fingerprint density at radius 3 is 1.66 bits per heavy atom. The molecule has 374 valence electrons. The largest absolute Gasteiger partial charge is 0.481 e. The summed E-state index contributed by atoms with van der Waals surface area (Å²) in [5.74, 6) is -11.5. The summed E-state index contributed by atoms with van der Waals surface area (Å²) >= 11 is 0. The fourth-order valence-electron chi connectivity index (χ4n) is 7.11. The molecular formula is C43H67N9O15. The maximum Gasteiger partial charge on any atom is 0.328 e. The van der Waals surface area contributed by atoms with E-state index in [9.17, 15) is 73.5 Å². The molecule has 0 unspecified atom stereocenters. The molecule has 0 bridgehead atoms. The molecule has 24 nitrogen and oxygen atoms in total. The highest BCUT2D eigenvalue weighted by atomic mass is 16.4. The Bertz CT molecular complexity index is 1900. The van der Waals surface area contributed by atoms with Crippen molar-refractivity contribution in [2.75, 3.05) is 19.7 Å². The topological polar surface area (TPSA) is 385 Å². The maximum absolute atomic E-state index is 14.0. The molecule has 1 fully saturated rings. The second kappa shape index (κ2) is 27.4. The molecule has 1 aromatic rings. The van der Waals surface area contributed by atoms with Crippen LogP contribution >= 0.6 is 0 Å². The van der Waals surface area contributed by atoms with Gasteiger partial charge in [-0.1, -0.05) is 64.4 Å². The summed E-state index contributed by atoms with van der Waals surface area (Å²) in [5.41, 5.74) is 5.98. The van der Waals surface area contributed by atoms with Crippen LogP contribution in [0.3, 0.4) is 0 Å². The van der Waals surface area contributed by atoms with E-state index < -0.39 is 139 Å². The van der Waals surface area contributed by atoms with Gasteiger partial charge in [-0.25, -0.2) is 4.79 Å². The van der Waals surface area contributed by atoms with Gasteiger partial charge >= 0.3 is 11.9 Å². The van der Waals surface area contributed by atoms with Crippen molar-refractivity contribution in [3.05, 3.63) is 35.9 Å². The van der Waals surface area contributed by atoms with Crippen LogP contribution < -0.4 is 43.0 Å². The molecule has 1 aliphatic heterocycles. The zero-order valence-electron chi connectivity index (χ0n) is 38.5. The van der Waals surface area contributed by atoms with Crippen molar-refractivity contribution in [3.63, 3.8) is 0 Å². The van der Waals surface area contributed by atoms with Crippen LogP contribution in [0.4, 0.5) is 0 Å². The van der Waals surface area contributed by atoms with E-state index in [0.717, 1.165) is 6.92 Å². The third-order valence-corrected chi connectivity index (χ3v) is 11.0. The second-order valence-electron chi connectivity index (χ2n) is 17.0. The fraction of sp³-hybridized carbons (Fsp3) is 0.628. The Morgan fingerprint density at radius 2 is 1.16 bits per heavy atom. The second-order valence-corrected chi connectivity index (χ2v) is 17.0. The Balaban J connectivity index is 2.38. The molecule has 0 saturated carbocycles. The predicted molar refractivity (Wildman–Crippen MR) is 237 cm³/mol. The van der Waals surface area contributed by atoms with Crippen molar-refractivity contribution in [2.24, 2.45) is 17.6 Å². The lowest BCUT2D eigenvalue weighted by molar-refractivity contribution is -0.144. The average molecular weight is 950 g/mol. The van der Waals surface area contributed by atoms with Gasteiger partial charge in [0.1, 0.15) is 48.3 Å². The summed E-state index contributed by atoms with van der Waals surface area (Å²) in [5, 5.41) is 66.3. The quantitative estimate of drug-likeness (QED) is 0.0399. The van der Waals surface area contributed by atoms with E-state index >= 15 is 0 Å². The number of aliphatic carboxylic acids is 2. The van der Waals surface area contributed by atoms with Crippen LogP contribution in [0, 0.1) is 11.8 Å². The number of aliphatic hydroxyl groups is 3. The number of nitrogens with one attached hydrogen (secondary N) is 7. The van der Waals surface area contributed by atoms with Crippen LogP contribution in [0.15, 0.2) is 30.3 Å². The number of nitrogens with zero attached hydrogens (tertiary/aromatic N) is 1. The van der Waals surface area contributed by atoms with Gasteiger partial charge in [-0.05, 0) is 50.5 Å². The zero-order chi connectivity index (χ0) is 50.7. The Kier molecular flexibility index (Phi) is 23.3. The highest BCUT2D eigenvalue weighted by Crippen LogP contribution is 2.18. The molecule has 0 aliphatic carbocycles. The molecule has 1 saturated heterocycles. The van der Waals surface area contributed by atoms with Gasteiger partial charge in [0.25, 0.3) is 0 Å². The highest BCUT2D eigenvalue weighted by molar-refractivity contribution is 5.99. The summed E-state index contributed by atoms with van der Waals surface area (Å²) in [7, 11) is 0. The Labute approximate surface area is 387 Å². The molecule has 1 aliphatic rings. The first-order chi connectivity index (χ1) is 31.4. The predicted octanol–water partition coefficient (Wildman–Crippen LogP) is -4.02. The van der Waals surface area contributed by atoms with Crippen molar-refractivity contribution in [3.8, 4) is 0 Å². The molecule has 1 heterocycles. The van der Waals surface area contributed by atoms with Crippen LogP contribution in [0.1, 0.15) is 79.2 Å². The van der Waals surface area contributed by atoms with E-state index in [-0.39, 0.29) is 38.3 Å². The SMILES string of the molecule is CC[C@H](C)[C@H](NC(=O)[C@@H](NC(=O)[C@H](CC(C)C)NC(=O)[C@@H](NC(=O)[C@H](Cc1ccccc1)NC(=O)[C@H](CC(=O)O)NC(=O)[C@@H]1CCCN1C(=O)CN)[C@@H](C)O)[C@@H](C)O)C(=O)N[C@@H](CO)C(=O)O. The van der Waals surface area contributed by atoms with Gasteiger partial charge in [0.15, 0.2) is 0 Å². The van der Waals surface area contributed by atoms with E-state index in [0.29, 0.717) is 18.4 Å². The number of benzene rings is 1. The molecule has 2 rings (SSSR count). The van der Waals surface area contributed by atoms with Crippen LogP contribution in [0.25, 0.3) is 0 Å². The van der Waals surface area contributed by atoms with Gasteiger partial charge in [-0.15, -0.1) is 0 Å². The monoisotopic (exact) mass is 949 g/mol. The van der Waals surface area contributed by atoms with Crippen LogP contribution in [0.2, 0.25) is 0 Å². The number of carbonyl (C=O) groups excluding carboxylic acids is 8. The number of carboxylic acids is 2. The number of hydrogen-bond acceptors (Lipinski definition) is 14. The molecule has 11 atom stereocenters. The lowest BCUT2D eigenvalue weighted by atomic mass is 9.97. The summed E-state index contributed by atoms with van der Waals surface area (Å²) in [6, 6.07) is -4.18. The summed E-state index contributed by atoms with van der Waals surface area (Å²) in [6.07, 6.45) is -3.48. The third-order valence-electron chi connectivity index (χ3n) is 11.0. The zero-order valence-corrected chi connectivity index (χ0v) is 38.5. The standard InChI is InChI=1S/C43H67N9O15/c1-7-22(4)33(40(63)48-29(20-53)43(66)67)49-42(65)35(24(6)55)51-37(60)26(16-21(2)3)47-41(64)34(23(5)54)50-38(61)27(17-25-12-9-8-10-13-25)45-36(59)28(18-32(57)58)46-39(62)30-14-11-15-52(30)31(56)19-44/h8-10,12-13,21-24,26-30,33-35,53-55H,7,11,14-20,44H2,1-6H3,(H,45,59)(H,46,62)(H,47,64)(H,48,63)(H,49,65)(H,50,61)(H,51,60)(H,57,58)(H,66,67)/t22-,23+,24+,26-,27-,28-,29-,30-,33-,34-,35-/m0/s1. The Morgan fingerprint density at radius 1 is 0.672 bits per heavy atom. The number of aliphatic hydroxyl groups excluding tert-OH is 3. The highest BCUT2D eigenvalue weighted by Gasteiger charge is 2.39. The van der Waals surface area contributed by atoms with E-state index in [1.807, 2.05) is 0 Å². The first-order valence-electron chi connectivity index (χ1n) is 22.0. The first kappa shape index (κ1) is 56.9. The van der Waals surface area contributed by atoms with E-state index in [2.05, 4.69) is 37.2 Å². The normalized spacial score (nSPS) is 18.0.